The number of aromatic carboxylic acids is 1. The molecule has 5 nitrogen and oxygen atoms in total. The lowest BCUT2D eigenvalue weighted by atomic mass is 10.2. The Morgan fingerprint density at radius 3 is 2.59 bits per heavy atom. The standard InChI is InChI=1S/C22H18N2O3/c25-22(26)16-4-6-18(7-5-16)24-14-15-2-1-3-19(12-15)27-20-8-9-21-17(13-20)10-11-23-21/h1-13,23-24H,14H2,(H,25,26). The summed E-state index contributed by atoms with van der Waals surface area (Å²) in [6.07, 6.45) is 1.91. The topological polar surface area (TPSA) is 74.3 Å². The fourth-order valence-electron chi connectivity index (χ4n) is 2.88. The maximum absolute atomic E-state index is 10.9. The molecule has 0 bridgehead atoms. The van der Waals surface area contributed by atoms with Crippen molar-refractivity contribution >= 4 is 22.6 Å². The molecular weight excluding hydrogens is 340 g/mol. The highest BCUT2D eigenvalue weighted by atomic mass is 16.5. The van der Waals surface area contributed by atoms with E-state index in [1.165, 1.54) is 0 Å². The van der Waals surface area contributed by atoms with Crippen LogP contribution < -0.4 is 10.1 Å². The van der Waals surface area contributed by atoms with Gasteiger partial charge in [0, 0.05) is 29.3 Å². The maximum Gasteiger partial charge on any atom is 0.335 e. The molecule has 4 aromatic rings. The molecule has 0 atom stereocenters. The van der Waals surface area contributed by atoms with Crippen LogP contribution in [0.5, 0.6) is 11.5 Å². The zero-order valence-electron chi connectivity index (χ0n) is 14.5. The lowest BCUT2D eigenvalue weighted by Gasteiger charge is -2.10. The average molecular weight is 358 g/mol. The second-order valence-electron chi connectivity index (χ2n) is 6.21. The molecule has 0 saturated carbocycles. The summed E-state index contributed by atoms with van der Waals surface area (Å²) < 4.78 is 5.98. The van der Waals surface area contributed by atoms with Crippen LogP contribution in [0.4, 0.5) is 5.69 Å². The number of carboxylic acids is 1. The molecular formula is C22H18N2O3. The second-order valence-corrected chi connectivity index (χ2v) is 6.21. The Hall–Kier alpha value is -3.73. The summed E-state index contributed by atoms with van der Waals surface area (Å²) in [5, 5.41) is 13.3. The van der Waals surface area contributed by atoms with Crippen molar-refractivity contribution in [3.63, 3.8) is 0 Å². The van der Waals surface area contributed by atoms with Gasteiger partial charge in [0.2, 0.25) is 0 Å². The second kappa shape index (κ2) is 7.25. The first kappa shape index (κ1) is 16.7. The van der Waals surface area contributed by atoms with Gasteiger partial charge in [-0.3, -0.25) is 0 Å². The van der Waals surface area contributed by atoms with Crippen molar-refractivity contribution in [1.82, 2.24) is 4.98 Å². The molecule has 0 radical (unpaired) electrons. The molecule has 3 N–H and O–H groups in total. The quantitative estimate of drug-likeness (QED) is 0.439. The molecule has 4 rings (SSSR count). The number of H-pyrrole nitrogens is 1. The monoisotopic (exact) mass is 358 g/mol. The van der Waals surface area contributed by atoms with E-state index in [4.69, 9.17) is 9.84 Å². The minimum Gasteiger partial charge on any atom is -0.478 e. The number of carboxylic acid groups (broad SMARTS) is 1. The number of hydrogen-bond acceptors (Lipinski definition) is 3. The van der Waals surface area contributed by atoms with Gasteiger partial charge in [-0.2, -0.15) is 0 Å². The van der Waals surface area contributed by atoms with Crippen LogP contribution in [0.3, 0.4) is 0 Å². The van der Waals surface area contributed by atoms with E-state index in [0.29, 0.717) is 6.54 Å². The summed E-state index contributed by atoms with van der Waals surface area (Å²) in [5.74, 6) is 0.631. The molecule has 0 aliphatic carbocycles. The Balaban J connectivity index is 1.43. The zero-order chi connectivity index (χ0) is 18.6. The maximum atomic E-state index is 10.9. The minimum atomic E-state index is -0.927. The summed E-state index contributed by atoms with van der Waals surface area (Å²) in [5.41, 5.74) is 3.28. The minimum absolute atomic E-state index is 0.273. The highest BCUT2D eigenvalue weighted by Gasteiger charge is 2.03. The van der Waals surface area contributed by atoms with Crippen molar-refractivity contribution in [1.29, 1.82) is 0 Å². The highest BCUT2D eigenvalue weighted by Crippen LogP contribution is 2.26. The van der Waals surface area contributed by atoms with Crippen LogP contribution >= 0.6 is 0 Å². The van der Waals surface area contributed by atoms with Crippen LogP contribution in [-0.4, -0.2) is 16.1 Å². The van der Waals surface area contributed by atoms with Gasteiger partial charge in [-0.1, -0.05) is 12.1 Å². The Bertz CT molecular complexity index is 1080. The summed E-state index contributed by atoms with van der Waals surface area (Å²) >= 11 is 0. The normalized spacial score (nSPS) is 10.7. The lowest BCUT2D eigenvalue weighted by Crippen LogP contribution is -2.01. The van der Waals surface area contributed by atoms with Crippen molar-refractivity contribution in [2.45, 2.75) is 6.54 Å². The fourth-order valence-corrected chi connectivity index (χ4v) is 2.88. The number of aromatic nitrogens is 1. The smallest absolute Gasteiger partial charge is 0.335 e. The van der Waals surface area contributed by atoms with Crippen LogP contribution in [0.25, 0.3) is 10.9 Å². The molecule has 0 spiro atoms. The average Bonchev–Trinajstić information content (AvgIpc) is 3.15. The largest absolute Gasteiger partial charge is 0.478 e. The number of anilines is 1. The third-order valence-electron chi connectivity index (χ3n) is 4.29. The molecule has 27 heavy (non-hydrogen) atoms. The van der Waals surface area contributed by atoms with Gasteiger partial charge < -0.3 is 20.1 Å². The number of aromatic amines is 1. The molecule has 0 unspecified atom stereocenters. The fraction of sp³-hybridized carbons (Fsp3) is 0.0455. The number of hydrogen-bond donors (Lipinski definition) is 3. The third-order valence-corrected chi connectivity index (χ3v) is 4.29. The third kappa shape index (κ3) is 3.93. The number of rotatable bonds is 6. The Morgan fingerprint density at radius 2 is 1.78 bits per heavy atom. The summed E-state index contributed by atoms with van der Waals surface area (Å²) in [6, 6.07) is 22.5. The lowest BCUT2D eigenvalue weighted by molar-refractivity contribution is 0.0697. The van der Waals surface area contributed by atoms with Crippen LogP contribution in [0.1, 0.15) is 15.9 Å². The van der Waals surface area contributed by atoms with E-state index in [1.807, 2.05) is 54.7 Å². The molecule has 1 aromatic heterocycles. The van der Waals surface area contributed by atoms with Crippen LogP contribution in [0, 0.1) is 0 Å². The van der Waals surface area contributed by atoms with Crippen LogP contribution in [0.15, 0.2) is 79.0 Å². The van der Waals surface area contributed by atoms with E-state index in [0.717, 1.165) is 33.7 Å². The SMILES string of the molecule is O=C(O)c1ccc(NCc2cccc(Oc3ccc4[nH]ccc4c3)c2)cc1. The highest BCUT2D eigenvalue weighted by molar-refractivity contribution is 5.88. The molecule has 5 heteroatoms. The first-order valence-corrected chi connectivity index (χ1v) is 8.58. The molecule has 0 amide bonds. The summed E-state index contributed by atoms with van der Waals surface area (Å²) in [4.78, 5) is 14.1. The molecule has 0 aliphatic rings. The van der Waals surface area contributed by atoms with Crippen molar-refractivity contribution in [3.8, 4) is 11.5 Å². The zero-order valence-corrected chi connectivity index (χ0v) is 14.5. The van der Waals surface area contributed by atoms with Gasteiger partial charge in [0.15, 0.2) is 0 Å². The molecule has 0 aliphatic heterocycles. The van der Waals surface area contributed by atoms with Crippen molar-refractivity contribution in [2.24, 2.45) is 0 Å². The molecule has 0 saturated heterocycles. The van der Waals surface area contributed by atoms with Crippen molar-refractivity contribution in [3.05, 3.63) is 90.1 Å². The number of nitrogens with one attached hydrogen (secondary N) is 2. The van der Waals surface area contributed by atoms with Crippen LogP contribution in [-0.2, 0) is 6.54 Å². The predicted molar refractivity (Wildman–Crippen MR) is 106 cm³/mol. The Kier molecular flexibility index (Phi) is 4.49. The summed E-state index contributed by atoms with van der Waals surface area (Å²) in [6.45, 7) is 0.612. The molecule has 0 fully saturated rings. The van der Waals surface area contributed by atoms with E-state index in [9.17, 15) is 4.79 Å². The van der Waals surface area contributed by atoms with Crippen molar-refractivity contribution in [2.75, 3.05) is 5.32 Å². The van der Waals surface area contributed by atoms with Gasteiger partial charge in [0.25, 0.3) is 0 Å². The van der Waals surface area contributed by atoms with E-state index >= 15 is 0 Å². The van der Waals surface area contributed by atoms with Crippen molar-refractivity contribution < 1.29 is 14.6 Å². The molecule has 3 aromatic carbocycles. The summed E-state index contributed by atoms with van der Waals surface area (Å²) in [7, 11) is 0. The Morgan fingerprint density at radius 1 is 0.963 bits per heavy atom. The Labute approximate surface area is 156 Å². The first-order chi connectivity index (χ1) is 13.2. The number of benzene rings is 3. The predicted octanol–water partition coefficient (Wildman–Crippen LogP) is 5.27. The van der Waals surface area contributed by atoms with Gasteiger partial charge in [-0.05, 0) is 66.2 Å². The van der Waals surface area contributed by atoms with Gasteiger partial charge in [0.05, 0.1) is 5.56 Å². The molecule has 1 heterocycles. The van der Waals surface area contributed by atoms with Gasteiger partial charge >= 0.3 is 5.97 Å². The number of ether oxygens (including phenoxy) is 1. The molecule has 134 valence electrons. The van der Waals surface area contributed by atoms with E-state index in [1.54, 1.807) is 24.3 Å². The van der Waals surface area contributed by atoms with E-state index < -0.39 is 5.97 Å². The van der Waals surface area contributed by atoms with Crippen LogP contribution in [0.2, 0.25) is 0 Å². The van der Waals surface area contributed by atoms with Gasteiger partial charge in [0.1, 0.15) is 11.5 Å². The van der Waals surface area contributed by atoms with E-state index in [2.05, 4.69) is 10.3 Å². The first-order valence-electron chi connectivity index (χ1n) is 8.58. The van der Waals surface area contributed by atoms with E-state index in [-0.39, 0.29) is 5.56 Å². The van der Waals surface area contributed by atoms with Gasteiger partial charge in [-0.15, -0.1) is 0 Å². The number of fused-ring (bicyclic) bond motifs is 1. The number of carbonyl (C=O) groups is 1. The van der Waals surface area contributed by atoms with Gasteiger partial charge in [-0.25, -0.2) is 4.79 Å².